The Bertz CT molecular complexity index is 1250. The van der Waals surface area contributed by atoms with E-state index in [1.807, 2.05) is 18.2 Å². The summed E-state index contributed by atoms with van der Waals surface area (Å²) in [6, 6.07) is 12.5. The van der Waals surface area contributed by atoms with E-state index in [-0.39, 0.29) is 18.1 Å². The van der Waals surface area contributed by atoms with Crippen LogP contribution >= 0.6 is 35.4 Å². The zero-order chi connectivity index (χ0) is 22.1. The van der Waals surface area contributed by atoms with Crippen LogP contribution in [0, 0.1) is 5.92 Å². The summed E-state index contributed by atoms with van der Waals surface area (Å²) in [6.45, 7) is 3.84. The van der Waals surface area contributed by atoms with Gasteiger partial charge in [0.05, 0.1) is 11.2 Å². The first-order valence-corrected chi connectivity index (χ1v) is 10.5. The maximum absolute atomic E-state index is 12.9. The molecule has 9 heteroatoms. The standard InChI is InChI=1S/C22H16Cl2N4O2S/c1-2-9-28-21(30)15(20(29)27-22(28)31)11-18-25-17-8-7-12(23)10-14(17)19(26-18)13-5-3-4-6-16(13)24/h2-8,10,15H,1,9,11H2,(H,27,29,31). The number of amides is 2. The Labute approximate surface area is 193 Å². The first kappa shape index (κ1) is 21.4. The van der Waals surface area contributed by atoms with Crippen LogP contribution in [-0.4, -0.2) is 38.3 Å². The van der Waals surface area contributed by atoms with Gasteiger partial charge in [-0.2, -0.15) is 0 Å². The molecule has 1 saturated heterocycles. The van der Waals surface area contributed by atoms with E-state index in [1.54, 1.807) is 30.3 Å². The van der Waals surface area contributed by atoms with Crippen molar-refractivity contribution in [1.29, 1.82) is 0 Å². The Hall–Kier alpha value is -2.87. The van der Waals surface area contributed by atoms with Crippen molar-refractivity contribution in [3.8, 4) is 11.3 Å². The Morgan fingerprint density at radius 1 is 1.16 bits per heavy atom. The van der Waals surface area contributed by atoms with Gasteiger partial charge in [-0.25, -0.2) is 9.97 Å². The van der Waals surface area contributed by atoms with Crippen molar-refractivity contribution < 1.29 is 9.59 Å². The highest BCUT2D eigenvalue weighted by molar-refractivity contribution is 7.80. The number of thiocarbonyl (C=S) groups is 1. The number of nitrogens with zero attached hydrogens (tertiary/aromatic N) is 3. The number of hydrogen-bond donors (Lipinski definition) is 1. The van der Waals surface area contributed by atoms with Crippen LogP contribution in [-0.2, 0) is 16.0 Å². The monoisotopic (exact) mass is 470 g/mol. The molecule has 2 aromatic carbocycles. The van der Waals surface area contributed by atoms with Gasteiger partial charge in [0.25, 0.3) is 0 Å². The highest BCUT2D eigenvalue weighted by Crippen LogP contribution is 2.33. The molecule has 0 spiro atoms. The number of hydrogen-bond acceptors (Lipinski definition) is 5. The number of carbonyl (C=O) groups is 2. The molecule has 1 atom stereocenters. The number of halogens is 2. The van der Waals surface area contributed by atoms with Crippen molar-refractivity contribution in [3.05, 3.63) is 71.0 Å². The van der Waals surface area contributed by atoms with Gasteiger partial charge in [-0.15, -0.1) is 6.58 Å². The fourth-order valence-corrected chi connectivity index (χ4v) is 4.09. The van der Waals surface area contributed by atoms with E-state index in [1.165, 1.54) is 4.90 Å². The molecule has 0 aliphatic carbocycles. The summed E-state index contributed by atoms with van der Waals surface area (Å²) in [5.74, 6) is -1.55. The number of carbonyl (C=O) groups excluding carboxylic acids is 2. The molecule has 0 radical (unpaired) electrons. The van der Waals surface area contributed by atoms with E-state index >= 15 is 0 Å². The van der Waals surface area contributed by atoms with E-state index in [2.05, 4.69) is 21.9 Å². The third-order valence-corrected chi connectivity index (χ3v) is 5.77. The SMILES string of the molecule is C=CCN1C(=O)C(Cc2nc(-c3ccccc3Cl)c3cc(Cl)ccc3n2)C(=O)NC1=S. The van der Waals surface area contributed by atoms with Gasteiger partial charge in [-0.1, -0.05) is 47.5 Å². The van der Waals surface area contributed by atoms with Gasteiger partial charge in [0.1, 0.15) is 11.7 Å². The number of fused-ring (bicyclic) bond motifs is 1. The minimum Gasteiger partial charge on any atom is -0.302 e. The molecule has 6 nitrogen and oxygen atoms in total. The molecule has 3 aromatic rings. The summed E-state index contributed by atoms with van der Waals surface area (Å²) in [5, 5.41) is 4.41. The second kappa shape index (κ2) is 8.70. The molecular formula is C22H16Cl2N4O2S. The molecule has 1 aliphatic rings. The normalized spacial score (nSPS) is 16.5. The molecule has 156 valence electrons. The van der Waals surface area contributed by atoms with E-state index in [4.69, 9.17) is 35.4 Å². The fraction of sp³-hybridized carbons (Fsp3) is 0.136. The van der Waals surface area contributed by atoms with Crippen molar-refractivity contribution >= 4 is 63.2 Å². The van der Waals surface area contributed by atoms with Gasteiger partial charge in [0.15, 0.2) is 5.11 Å². The lowest BCUT2D eigenvalue weighted by atomic mass is 9.99. The van der Waals surface area contributed by atoms with Gasteiger partial charge < -0.3 is 5.32 Å². The van der Waals surface area contributed by atoms with Gasteiger partial charge in [-0.05, 0) is 36.5 Å². The Morgan fingerprint density at radius 2 is 1.94 bits per heavy atom. The predicted octanol–water partition coefficient (Wildman–Crippen LogP) is 4.19. The van der Waals surface area contributed by atoms with E-state index in [0.717, 1.165) is 5.39 Å². The Kier molecular flexibility index (Phi) is 6.00. The Morgan fingerprint density at radius 3 is 2.68 bits per heavy atom. The largest absolute Gasteiger partial charge is 0.302 e. The highest BCUT2D eigenvalue weighted by Gasteiger charge is 2.38. The summed E-state index contributed by atoms with van der Waals surface area (Å²) < 4.78 is 0. The summed E-state index contributed by atoms with van der Waals surface area (Å²) >= 11 is 17.7. The topological polar surface area (TPSA) is 75.2 Å². The second-order valence-electron chi connectivity index (χ2n) is 6.92. The first-order chi connectivity index (χ1) is 14.9. The number of nitrogens with one attached hydrogen (secondary N) is 1. The molecule has 2 amide bonds. The van der Waals surface area contributed by atoms with Crippen molar-refractivity contribution in [3.63, 3.8) is 0 Å². The number of rotatable bonds is 5. The van der Waals surface area contributed by atoms with Crippen molar-refractivity contribution in [2.45, 2.75) is 6.42 Å². The number of aromatic nitrogens is 2. The molecular weight excluding hydrogens is 455 g/mol. The first-order valence-electron chi connectivity index (χ1n) is 9.37. The van der Waals surface area contributed by atoms with E-state index in [0.29, 0.717) is 32.6 Å². The van der Waals surface area contributed by atoms with Crippen LogP contribution in [0.2, 0.25) is 10.0 Å². The molecule has 1 N–H and O–H groups in total. The zero-order valence-corrected chi connectivity index (χ0v) is 18.5. The smallest absolute Gasteiger partial charge is 0.242 e. The van der Waals surface area contributed by atoms with Crippen LogP contribution in [0.5, 0.6) is 0 Å². The van der Waals surface area contributed by atoms with Gasteiger partial charge >= 0.3 is 0 Å². The van der Waals surface area contributed by atoms with E-state index in [9.17, 15) is 9.59 Å². The van der Waals surface area contributed by atoms with Gasteiger partial charge in [-0.3, -0.25) is 14.5 Å². The predicted molar refractivity (Wildman–Crippen MR) is 125 cm³/mol. The zero-order valence-electron chi connectivity index (χ0n) is 16.1. The van der Waals surface area contributed by atoms with Crippen LogP contribution in [0.4, 0.5) is 0 Å². The van der Waals surface area contributed by atoms with Crippen LogP contribution < -0.4 is 5.32 Å². The molecule has 0 bridgehead atoms. The maximum Gasteiger partial charge on any atom is 0.242 e. The summed E-state index contributed by atoms with van der Waals surface area (Å²) in [6.07, 6.45) is 1.56. The Balaban J connectivity index is 1.80. The highest BCUT2D eigenvalue weighted by atomic mass is 35.5. The number of benzene rings is 2. The molecule has 31 heavy (non-hydrogen) atoms. The molecule has 0 saturated carbocycles. The van der Waals surface area contributed by atoms with E-state index < -0.39 is 17.7 Å². The molecule has 2 heterocycles. The molecule has 4 rings (SSSR count). The van der Waals surface area contributed by atoms with Crippen molar-refractivity contribution in [2.75, 3.05) is 6.54 Å². The average Bonchev–Trinajstić information content (AvgIpc) is 2.74. The van der Waals surface area contributed by atoms with Crippen molar-refractivity contribution in [2.24, 2.45) is 5.92 Å². The third-order valence-electron chi connectivity index (χ3n) is 4.89. The van der Waals surface area contributed by atoms with Gasteiger partial charge in [0.2, 0.25) is 11.8 Å². The quantitative estimate of drug-likeness (QED) is 0.343. The molecule has 1 unspecified atom stereocenters. The van der Waals surface area contributed by atoms with Crippen LogP contribution in [0.15, 0.2) is 55.1 Å². The summed E-state index contributed by atoms with van der Waals surface area (Å²) in [5.41, 5.74) is 1.91. The minimum absolute atomic E-state index is 0.0109. The van der Waals surface area contributed by atoms with Crippen molar-refractivity contribution in [1.82, 2.24) is 20.2 Å². The average molecular weight is 471 g/mol. The minimum atomic E-state index is -1.00. The lowest BCUT2D eigenvalue weighted by molar-refractivity contribution is -0.140. The second-order valence-corrected chi connectivity index (χ2v) is 8.15. The fourth-order valence-electron chi connectivity index (χ4n) is 3.42. The van der Waals surface area contributed by atoms with Crippen LogP contribution in [0.25, 0.3) is 22.2 Å². The maximum atomic E-state index is 12.9. The van der Waals surface area contributed by atoms with Crippen LogP contribution in [0.1, 0.15) is 5.82 Å². The molecule has 1 aromatic heterocycles. The molecule has 1 aliphatic heterocycles. The van der Waals surface area contributed by atoms with Gasteiger partial charge in [0, 0.05) is 34.0 Å². The summed E-state index contributed by atoms with van der Waals surface area (Å²) in [4.78, 5) is 36.0. The third kappa shape index (κ3) is 4.17. The lowest BCUT2D eigenvalue weighted by Gasteiger charge is -2.31. The molecule has 1 fully saturated rings. The lowest BCUT2D eigenvalue weighted by Crippen LogP contribution is -2.58. The summed E-state index contributed by atoms with van der Waals surface area (Å²) in [7, 11) is 0. The van der Waals surface area contributed by atoms with Crippen LogP contribution in [0.3, 0.4) is 0 Å².